The number of methoxy groups -OCH3 is 3. The van der Waals surface area contributed by atoms with Gasteiger partial charge in [-0.1, -0.05) is 23.7 Å². The maximum atomic E-state index is 12.1. The lowest BCUT2D eigenvalue weighted by Gasteiger charge is -2.13. The van der Waals surface area contributed by atoms with Gasteiger partial charge in [0.25, 0.3) is 0 Å². The molecule has 0 atom stereocenters. The van der Waals surface area contributed by atoms with Crippen molar-refractivity contribution in [3.8, 4) is 17.2 Å². The average Bonchev–Trinajstić information content (AvgIpc) is 2.67. The second-order valence-electron chi connectivity index (χ2n) is 5.27. The third-order valence-electron chi connectivity index (χ3n) is 3.72. The molecule has 1 aromatic heterocycles. The SMILES string of the molecule is COc1cc(/C=C(\Cl)c2nc3ccccc3c(=O)o2)cc(OC)c1OC. The normalized spacial score (nSPS) is 11.5. The fourth-order valence-corrected chi connectivity index (χ4v) is 2.72. The van der Waals surface area contributed by atoms with Crippen LogP contribution in [0.4, 0.5) is 0 Å². The number of hydrogen-bond donors (Lipinski definition) is 0. The molecular formula is C19H16ClNO5. The summed E-state index contributed by atoms with van der Waals surface area (Å²) in [5.74, 6) is 1.47. The van der Waals surface area contributed by atoms with Crippen LogP contribution in [0.1, 0.15) is 11.5 Å². The Bertz CT molecular complexity index is 1020. The third kappa shape index (κ3) is 3.36. The summed E-state index contributed by atoms with van der Waals surface area (Å²) < 4.78 is 21.2. The number of para-hydroxylation sites is 1. The first-order chi connectivity index (χ1) is 12.6. The van der Waals surface area contributed by atoms with Gasteiger partial charge in [-0.15, -0.1) is 0 Å². The number of ether oxygens (including phenoxy) is 3. The lowest BCUT2D eigenvalue weighted by molar-refractivity contribution is 0.324. The van der Waals surface area contributed by atoms with Crippen LogP contribution in [0.15, 0.2) is 45.6 Å². The van der Waals surface area contributed by atoms with Gasteiger partial charge in [0.05, 0.1) is 32.2 Å². The Balaban J connectivity index is 2.09. The summed E-state index contributed by atoms with van der Waals surface area (Å²) in [6, 6.07) is 10.4. The molecule has 6 nitrogen and oxygen atoms in total. The smallest absolute Gasteiger partial charge is 0.347 e. The molecule has 134 valence electrons. The predicted octanol–water partition coefficient (Wildman–Crippen LogP) is 3.95. The fourth-order valence-electron chi connectivity index (χ4n) is 2.51. The minimum atomic E-state index is -0.498. The van der Waals surface area contributed by atoms with E-state index in [1.807, 2.05) is 0 Å². The largest absolute Gasteiger partial charge is 0.493 e. The first-order valence-electron chi connectivity index (χ1n) is 7.65. The summed E-state index contributed by atoms with van der Waals surface area (Å²) in [7, 11) is 4.57. The molecule has 3 rings (SSSR count). The Hall–Kier alpha value is -2.99. The maximum absolute atomic E-state index is 12.1. The minimum Gasteiger partial charge on any atom is -0.493 e. The monoisotopic (exact) mass is 373 g/mol. The molecule has 0 amide bonds. The molecule has 2 aromatic carbocycles. The fraction of sp³-hybridized carbons (Fsp3) is 0.158. The topological polar surface area (TPSA) is 70.8 Å². The first kappa shape index (κ1) is 17.8. The summed E-state index contributed by atoms with van der Waals surface area (Å²) in [4.78, 5) is 16.4. The Labute approximate surface area is 154 Å². The van der Waals surface area contributed by atoms with E-state index in [1.54, 1.807) is 42.5 Å². The summed E-state index contributed by atoms with van der Waals surface area (Å²) in [6.07, 6.45) is 1.60. The molecule has 3 aromatic rings. The van der Waals surface area contributed by atoms with Crippen LogP contribution < -0.4 is 19.8 Å². The van der Waals surface area contributed by atoms with Crippen molar-refractivity contribution in [1.82, 2.24) is 4.98 Å². The number of nitrogens with zero attached hydrogens (tertiary/aromatic N) is 1. The molecule has 0 spiro atoms. The van der Waals surface area contributed by atoms with Crippen molar-refractivity contribution < 1.29 is 18.6 Å². The van der Waals surface area contributed by atoms with E-state index in [9.17, 15) is 4.79 Å². The molecule has 0 radical (unpaired) electrons. The van der Waals surface area contributed by atoms with Crippen LogP contribution in [0.5, 0.6) is 17.2 Å². The highest BCUT2D eigenvalue weighted by Gasteiger charge is 2.14. The van der Waals surface area contributed by atoms with Gasteiger partial charge in [0, 0.05) is 0 Å². The Morgan fingerprint density at radius 1 is 1.08 bits per heavy atom. The average molecular weight is 374 g/mol. The zero-order chi connectivity index (χ0) is 18.7. The van der Waals surface area contributed by atoms with Crippen molar-refractivity contribution in [3.63, 3.8) is 0 Å². The molecule has 0 saturated heterocycles. The maximum Gasteiger partial charge on any atom is 0.347 e. The Morgan fingerprint density at radius 2 is 1.73 bits per heavy atom. The van der Waals surface area contributed by atoms with Crippen molar-refractivity contribution in [2.45, 2.75) is 0 Å². The van der Waals surface area contributed by atoms with Gasteiger partial charge in [0.15, 0.2) is 11.5 Å². The number of rotatable bonds is 5. The van der Waals surface area contributed by atoms with Crippen molar-refractivity contribution in [2.24, 2.45) is 0 Å². The zero-order valence-corrected chi connectivity index (χ0v) is 15.2. The summed E-state index contributed by atoms with van der Waals surface area (Å²) in [6.45, 7) is 0. The molecule has 0 N–H and O–H groups in total. The first-order valence-corrected chi connectivity index (χ1v) is 8.02. The van der Waals surface area contributed by atoms with Gasteiger partial charge in [0.2, 0.25) is 11.6 Å². The van der Waals surface area contributed by atoms with Crippen LogP contribution >= 0.6 is 11.6 Å². The van der Waals surface area contributed by atoms with Gasteiger partial charge in [-0.3, -0.25) is 0 Å². The lowest BCUT2D eigenvalue weighted by atomic mass is 10.1. The molecular weight excluding hydrogens is 358 g/mol. The summed E-state index contributed by atoms with van der Waals surface area (Å²) in [5, 5.41) is 0.565. The van der Waals surface area contributed by atoms with E-state index in [0.29, 0.717) is 33.7 Å². The Kier molecular flexibility index (Phi) is 5.14. The highest BCUT2D eigenvalue weighted by Crippen LogP contribution is 2.39. The molecule has 26 heavy (non-hydrogen) atoms. The van der Waals surface area contributed by atoms with Crippen LogP contribution in [0, 0.1) is 0 Å². The van der Waals surface area contributed by atoms with Crippen LogP contribution in [0.3, 0.4) is 0 Å². The standard InChI is InChI=1S/C19H16ClNO5/c1-23-15-9-11(10-16(24-2)17(15)25-3)8-13(20)18-21-14-7-5-4-6-12(14)19(22)26-18/h4-10H,1-3H3/b13-8-. The minimum absolute atomic E-state index is 0.0316. The quantitative estimate of drug-likeness (QED) is 0.674. The van der Waals surface area contributed by atoms with E-state index in [4.69, 9.17) is 30.2 Å². The van der Waals surface area contributed by atoms with E-state index in [1.165, 1.54) is 21.3 Å². The molecule has 0 fully saturated rings. The van der Waals surface area contributed by atoms with Crippen LogP contribution in [-0.4, -0.2) is 26.3 Å². The number of hydrogen-bond acceptors (Lipinski definition) is 6. The Morgan fingerprint density at radius 3 is 2.35 bits per heavy atom. The number of benzene rings is 2. The highest BCUT2D eigenvalue weighted by atomic mass is 35.5. The van der Waals surface area contributed by atoms with Crippen LogP contribution in [0.2, 0.25) is 0 Å². The zero-order valence-electron chi connectivity index (χ0n) is 14.4. The van der Waals surface area contributed by atoms with E-state index >= 15 is 0 Å². The molecule has 0 unspecified atom stereocenters. The summed E-state index contributed by atoms with van der Waals surface area (Å²) >= 11 is 6.33. The van der Waals surface area contributed by atoms with Gasteiger partial charge < -0.3 is 18.6 Å². The van der Waals surface area contributed by atoms with E-state index < -0.39 is 5.63 Å². The molecule has 0 aliphatic rings. The van der Waals surface area contributed by atoms with Gasteiger partial charge in [0.1, 0.15) is 5.03 Å². The van der Waals surface area contributed by atoms with Crippen molar-refractivity contribution in [1.29, 1.82) is 0 Å². The number of halogens is 1. The number of fused-ring (bicyclic) bond motifs is 1. The molecule has 0 bridgehead atoms. The summed E-state index contributed by atoms with van der Waals surface area (Å²) in [5.41, 5.74) is 0.680. The van der Waals surface area contributed by atoms with E-state index in [2.05, 4.69) is 4.98 Å². The van der Waals surface area contributed by atoms with Gasteiger partial charge in [-0.25, -0.2) is 9.78 Å². The van der Waals surface area contributed by atoms with Crippen LogP contribution in [-0.2, 0) is 0 Å². The van der Waals surface area contributed by atoms with E-state index in [0.717, 1.165) is 0 Å². The van der Waals surface area contributed by atoms with Gasteiger partial charge in [-0.2, -0.15) is 0 Å². The van der Waals surface area contributed by atoms with Crippen molar-refractivity contribution in [2.75, 3.05) is 21.3 Å². The molecule has 7 heteroatoms. The second-order valence-corrected chi connectivity index (χ2v) is 5.68. The van der Waals surface area contributed by atoms with Crippen LogP contribution in [0.25, 0.3) is 22.0 Å². The molecule has 1 heterocycles. The predicted molar refractivity (Wildman–Crippen MR) is 100 cm³/mol. The van der Waals surface area contributed by atoms with Gasteiger partial charge >= 0.3 is 5.63 Å². The molecule has 0 aliphatic heterocycles. The van der Waals surface area contributed by atoms with Crippen molar-refractivity contribution in [3.05, 3.63) is 58.3 Å². The van der Waals surface area contributed by atoms with E-state index in [-0.39, 0.29) is 10.9 Å². The third-order valence-corrected chi connectivity index (χ3v) is 3.99. The molecule has 0 aliphatic carbocycles. The highest BCUT2D eigenvalue weighted by molar-refractivity contribution is 6.50. The second kappa shape index (κ2) is 7.49. The van der Waals surface area contributed by atoms with Crippen molar-refractivity contribution >= 4 is 33.6 Å². The lowest BCUT2D eigenvalue weighted by Crippen LogP contribution is -2.03. The molecule has 0 saturated carbocycles. The number of aromatic nitrogens is 1. The van der Waals surface area contributed by atoms with Gasteiger partial charge in [-0.05, 0) is 35.9 Å².